The number of nitriles is 1. The van der Waals surface area contributed by atoms with E-state index >= 15 is 0 Å². The smallest absolute Gasteiger partial charge is 0.247 e. The van der Waals surface area contributed by atoms with E-state index in [4.69, 9.17) is 10.00 Å². The molecule has 0 saturated heterocycles. The Balaban J connectivity index is 1.84. The minimum absolute atomic E-state index is 0.180. The molecule has 0 spiro atoms. The van der Waals surface area contributed by atoms with Crippen molar-refractivity contribution in [2.24, 2.45) is 0 Å². The first-order chi connectivity index (χ1) is 15.1. The average molecular weight is 432 g/mol. The number of fused-ring (bicyclic) bond motifs is 3. The molecule has 1 aliphatic heterocycles. The molecule has 0 radical (unpaired) electrons. The zero-order valence-electron chi connectivity index (χ0n) is 17.3. The maximum absolute atomic E-state index is 12.7. The molecule has 0 aliphatic carbocycles. The molecule has 31 heavy (non-hydrogen) atoms. The van der Waals surface area contributed by atoms with Gasteiger partial charge in [0.1, 0.15) is 0 Å². The number of hydrogen-bond donors (Lipinski definition) is 0. The molecule has 1 atom stereocenters. The highest BCUT2D eigenvalue weighted by atomic mass is 32.2. The van der Waals surface area contributed by atoms with Crippen LogP contribution in [-0.4, -0.2) is 26.8 Å². The first-order valence-electron chi connectivity index (χ1n) is 10.1. The van der Waals surface area contributed by atoms with Gasteiger partial charge >= 0.3 is 0 Å². The first-order valence-corrected chi connectivity index (χ1v) is 11.0. The molecular weight excluding hydrogens is 410 g/mol. The Labute approximate surface area is 185 Å². The van der Waals surface area contributed by atoms with Crippen LogP contribution in [0.5, 0.6) is 5.88 Å². The molecule has 1 amide bonds. The van der Waals surface area contributed by atoms with Crippen molar-refractivity contribution in [3.05, 3.63) is 59.7 Å². The third-order valence-electron chi connectivity index (χ3n) is 4.91. The molecule has 8 heteroatoms. The average Bonchev–Trinajstić information content (AvgIpc) is 2.93. The predicted octanol–water partition coefficient (Wildman–Crippen LogP) is 4.75. The molecule has 0 bridgehead atoms. The lowest BCUT2D eigenvalue weighted by Crippen LogP contribution is -2.36. The van der Waals surface area contributed by atoms with Crippen LogP contribution < -0.4 is 9.64 Å². The van der Waals surface area contributed by atoms with E-state index in [0.717, 1.165) is 29.7 Å². The van der Waals surface area contributed by atoms with E-state index in [-0.39, 0.29) is 5.91 Å². The third-order valence-corrected chi connectivity index (χ3v) is 5.83. The lowest BCUT2D eigenvalue weighted by atomic mass is 10.1. The van der Waals surface area contributed by atoms with Crippen LogP contribution in [0, 0.1) is 11.3 Å². The second-order valence-corrected chi connectivity index (χ2v) is 8.12. The Morgan fingerprint density at radius 2 is 1.97 bits per heavy atom. The van der Waals surface area contributed by atoms with Crippen molar-refractivity contribution in [1.29, 1.82) is 5.26 Å². The molecule has 7 nitrogen and oxygen atoms in total. The quantitative estimate of drug-likeness (QED) is 0.425. The number of aromatic nitrogens is 3. The van der Waals surface area contributed by atoms with Gasteiger partial charge in [-0.25, -0.2) is 0 Å². The molecular formula is C23H21N5O2S. The fourth-order valence-corrected chi connectivity index (χ4v) is 4.22. The van der Waals surface area contributed by atoms with Crippen molar-refractivity contribution in [3.63, 3.8) is 0 Å². The summed E-state index contributed by atoms with van der Waals surface area (Å²) in [4.78, 5) is 19.0. The van der Waals surface area contributed by atoms with Gasteiger partial charge in [0, 0.05) is 23.8 Å². The number of unbranched alkanes of at least 4 members (excludes halogenated alkanes) is 1. The van der Waals surface area contributed by atoms with Crippen molar-refractivity contribution in [1.82, 2.24) is 15.2 Å². The van der Waals surface area contributed by atoms with Gasteiger partial charge in [-0.3, -0.25) is 9.69 Å². The summed E-state index contributed by atoms with van der Waals surface area (Å²) in [5, 5.41) is 18.4. The van der Waals surface area contributed by atoms with Gasteiger partial charge in [0.15, 0.2) is 5.69 Å². The van der Waals surface area contributed by atoms with E-state index < -0.39 is 6.23 Å². The highest BCUT2D eigenvalue weighted by Gasteiger charge is 2.34. The van der Waals surface area contributed by atoms with Crippen molar-refractivity contribution >= 4 is 23.4 Å². The molecule has 3 aromatic rings. The molecule has 1 aromatic heterocycles. The normalized spacial score (nSPS) is 14.6. The summed E-state index contributed by atoms with van der Waals surface area (Å²) in [7, 11) is 0. The van der Waals surface area contributed by atoms with Crippen LogP contribution in [0.2, 0.25) is 0 Å². The third kappa shape index (κ3) is 4.23. The molecule has 1 aliphatic rings. The number of hydrogen-bond acceptors (Lipinski definition) is 7. The lowest BCUT2D eigenvalue weighted by molar-refractivity contribution is -0.118. The molecule has 0 fully saturated rings. The largest absolute Gasteiger partial charge is 0.447 e. The number of thioether (sulfide) groups is 1. The Morgan fingerprint density at radius 3 is 2.68 bits per heavy atom. The Hall–Kier alpha value is -3.44. The van der Waals surface area contributed by atoms with Crippen LogP contribution in [0.3, 0.4) is 0 Å². The minimum Gasteiger partial charge on any atom is -0.447 e. The number of rotatable bonds is 5. The highest BCUT2D eigenvalue weighted by Crippen LogP contribution is 2.43. The van der Waals surface area contributed by atoms with E-state index in [0.29, 0.717) is 28.0 Å². The summed E-state index contributed by atoms with van der Waals surface area (Å²) in [6.07, 6.45) is 1.39. The Morgan fingerprint density at radius 1 is 1.19 bits per heavy atom. The molecule has 2 heterocycles. The van der Waals surface area contributed by atoms with Crippen molar-refractivity contribution < 1.29 is 9.53 Å². The first kappa shape index (κ1) is 20.8. The second kappa shape index (κ2) is 9.14. The number of ether oxygens (including phenoxy) is 1. The zero-order valence-corrected chi connectivity index (χ0v) is 18.1. The monoisotopic (exact) mass is 431 g/mol. The topological polar surface area (TPSA) is 92.0 Å². The van der Waals surface area contributed by atoms with Crippen LogP contribution in [0.1, 0.15) is 44.0 Å². The number of amides is 1. The molecule has 4 rings (SSSR count). The Bertz CT molecular complexity index is 1140. The summed E-state index contributed by atoms with van der Waals surface area (Å²) >= 11 is 1.53. The lowest BCUT2D eigenvalue weighted by Gasteiger charge is -2.29. The highest BCUT2D eigenvalue weighted by molar-refractivity contribution is 7.99. The number of nitrogens with zero attached hydrogens (tertiary/aromatic N) is 5. The maximum Gasteiger partial charge on any atom is 0.247 e. The van der Waals surface area contributed by atoms with Crippen molar-refractivity contribution in [2.75, 3.05) is 10.7 Å². The van der Waals surface area contributed by atoms with E-state index in [9.17, 15) is 4.79 Å². The van der Waals surface area contributed by atoms with Gasteiger partial charge in [-0.05, 0) is 24.6 Å². The fourth-order valence-electron chi connectivity index (χ4n) is 3.36. The summed E-state index contributed by atoms with van der Waals surface area (Å²) in [6.45, 7) is 3.63. The molecule has 0 saturated carbocycles. The summed E-state index contributed by atoms with van der Waals surface area (Å²) in [6, 6.07) is 16.6. The number of benzene rings is 2. The van der Waals surface area contributed by atoms with Crippen molar-refractivity contribution in [3.8, 4) is 23.2 Å². The van der Waals surface area contributed by atoms with Gasteiger partial charge in [-0.1, -0.05) is 55.4 Å². The van der Waals surface area contributed by atoms with Gasteiger partial charge in [0.05, 0.1) is 17.3 Å². The van der Waals surface area contributed by atoms with Crippen LogP contribution in [0.15, 0.2) is 53.7 Å². The van der Waals surface area contributed by atoms with Gasteiger partial charge in [0.2, 0.25) is 23.2 Å². The van der Waals surface area contributed by atoms with E-state index in [2.05, 4.69) is 28.2 Å². The van der Waals surface area contributed by atoms with Crippen molar-refractivity contribution in [2.45, 2.75) is 38.1 Å². The zero-order chi connectivity index (χ0) is 21.8. The van der Waals surface area contributed by atoms with Crippen LogP contribution in [0.4, 0.5) is 5.69 Å². The number of carbonyl (C=O) groups excluding carboxylic acids is 1. The Kier molecular flexibility index (Phi) is 6.14. The molecule has 1 unspecified atom stereocenters. The van der Waals surface area contributed by atoms with E-state index in [1.54, 1.807) is 29.2 Å². The maximum atomic E-state index is 12.7. The SMILES string of the molecule is CCCCSc1nnc2c(n1)OC(c1ccc(C#N)cc1)N(C(C)=O)c1ccccc1-2. The molecule has 2 aromatic carbocycles. The summed E-state index contributed by atoms with van der Waals surface area (Å²) in [5.74, 6) is 1.05. The van der Waals surface area contributed by atoms with E-state index in [1.807, 2.05) is 24.3 Å². The van der Waals surface area contributed by atoms with E-state index in [1.165, 1.54) is 18.7 Å². The molecule has 156 valence electrons. The van der Waals surface area contributed by atoms with Gasteiger partial charge < -0.3 is 4.74 Å². The van der Waals surface area contributed by atoms with Gasteiger partial charge in [0.25, 0.3) is 0 Å². The summed E-state index contributed by atoms with van der Waals surface area (Å²) < 4.78 is 6.32. The number of carbonyl (C=O) groups is 1. The van der Waals surface area contributed by atoms with Crippen LogP contribution in [-0.2, 0) is 4.79 Å². The number of anilines is 1. The molecule has 0 N–H and O–H groups in total. The van der Waals surface area contributed by atoms with Gasteiger partial charge in [-0.15, -0.1) is 10.2 Å². The second-order valence-electron chi connectivity index (χ2n) is 7.06. The van der Waals surface area contributed by atoms with Crippen LogP contribution >= 0.6 is 11.8 Å². The number of para-hydroxylation sites is 1. The summed E-state index contributed by atoms with van der Waals surface area (Å²) in [5.41, 5.74) is 3.17. The fraction of sp³-hybridized carbons (Fsp3) is 0.261. The minimum atomic E-state index is -0.752. The van der Waals surface area contributed by atoms with Gasteiger partial charge in [-0.2, -0.15) is 10.2 Å². The predicted molar refractivity (Wildman–Crippen MR) is 119 cm³/mol. The standard InChI is InChI=1S/C23H21N5O2S/c1-3-4-13-31-23-25-21-20(26-27-23)18-7-5-6-8-19(18)28(15(2)29)22(30-21)17-11-9-16(14-24)10-12-17/h5-12,22H,3-4,13H2,1-2H3. The van der Waals surface area contributed by atoms with Crippen LogP contribution in [0.25, 0.3) is 11.3 Å².